The molecule has 0 aromatic heterocycles. The number of allylic oxidation sites excluding steroid dienone is 4. The predicted molar refractivity (Wildman–Crippen MR) is 71.7 cm³/mol. The fourth-order valence-corrected chi connectivity index (χ4v) is 14.8. The van der Waals surface area contributed by atoms with Crippen molar-refractivity contribution >= 4 is 6.88 Å². The summed E-state index contributed by atoms with van der Waals surface area (Å²) in [6.45, 7) is 18.4. The first-order valence-electron chi connectivity index (χ1n) is 6.01. The van der Waals surface area contributed by atoms with Crippen molar-refractivity contribution in [2.75, 3.05) is 0 Å². The summed E-state index contributed by atoms with van der Waals surface area (Å²) >= 11 is -1.56. The molecule has 0 aliphatic heterocycles. The molecule has 1 aliphatic carbocycles. The summed E-state index contributed by atoms with van der Waals surface area (Å²) in [5, 5.41) is 0. The van der Waals surface area contributed by atoms with E-state index in [0.717, 1.165) is 0 Å². The Morgan fingerprint density at radius 1 is 1.06 bits per heavy atom. The Hall–Kier alpha value is 1.12. The van der Waals surface area contributed by atoms with Crippen LogP contribution in [0.25, 0.3) is 0 Å². The second-order valence-electron chi connectivity index (χ2n) is 5.92. The Labute approximate surface area is 135 Å². The van der Waals surface area contributed by atoms with E-state index in [2.05, 4.69) is 58.6 Å². The minimum Gasteiger partial charge on any atom is -1.00 e. The molecule has 0 saturated heterocycles. The van der Waals surface area contributed by atoms with Crippen LogP contribution in [0, 0.1) is 5.92 Å². The Balaban J connectivity index is 0. The van der Waals surface area contributed by atoms with Crippen LogP contribution >= 0.6 is 0 Å². The van der Waals surface area contributed by atoms with Crippen LogP contribution in [-0.2, 0) is 20.7 Å². The number of halogens is 2. The fraction of sp³-hybridized carbons (Fsp3) is 0.692. The zero-order valence-corrected chi connectivity index (χ0v) is 17.9. The topological polar surface area (TPSA) is 12.0 Å². The summed E-state index contributed by atoms with van der Waals surface area (Å²) in [7, 11) is 0. The van der Waals surface area contributed by atoms with Crippen molar-refractivity contribution in [2.45, 2.75) is 54.0 Å². The van der Waals surface area contributed by atoms with Crippen LogP contribution in [0.2, 0.25) is 0 Å². The Bertz CT molecular complexity index is 394. The number of rotatable bonds is 2. The van der Waals surface area contributed by atoms with E-state index < -0.39 is 20.7 Å². The Morgan fingerprint density at radius 2 is 1.50 bits per heavy atom. The first kappa shape index (κ1) is 21.4. The molecule has 0 amide bonds. The number of nitrogens with one attached hydrogen (secondary N) is 1. The molecule has 104 valence electrons. The van der Waals surface area contributed by atoms with E-state index in [1.54, 1.807) is 20.0 Å². The maximum atomic E-state index is 3.89. The standard InChI is InChI=1S/C9H13.C4H10N.2ClH.H2Si.Zr/c1-6-5-7(2)9(4)8(6)3;1-4(2,3)5;;;;/h6H,1-4H3;5H,1-3H3;2*1H;1H2;/q;-1;;;;+3/p-2. The molecule has 1 atom stereocenters. The Kier molecular flexibility index (Phi) is 9.26. The van der Waals surface area contributed by atoms with Crippen molar-refractivity contribution < 1.29 is 45.5 Å². The fourth-order valence-electron chi connectivity index (χ4n) is 2.37. The minimum atomic E-state index is -1.56. The van der Waals surface area contributed by atoms with Gasteiger partial charge in [0.15, 0.2) is 0 Å². The molecule has 0 bridgehead atoms. The van der Waals surface area contributed by atoms with Crippen LogP contribution in [0.5, 0.6) is 0 Å². The third-order valence-electron chi connectivity index (χ3n) is 3.49. The van der Waals surface area contributed by atoms with Gasteiger partial charge in [0.2, 0.25) is 0 Å². The van der Waals surface area contributed by atoms with Crippen molar-refractivity contribution in [3.8, 4) is 0 Å². The van der Waals surface area contributed by atoms with Crippen LogP contribution < -0.4 is 28.1 Å². The average Bonchev–Trinajstić information content (AvgIpc) is 2.28. The number of hydrogen-bond acceptors (Lipinski definition) is 1. The average molecular weight is 386 g/mol. The monoisotopic (exact) mass is 383 g/mol. The summed E-state index contributed by atoms with van der Waals surface area (Å²) < 4.78 is 5.67. The molecule has 1 unspecified atom stereocenters. The van der Waals surface area contributed by atoms with E-state index in [-0.39, 0.29) is 30.4 Å². The molecular formula is C13H25Cl2NSiZr. The number of hydrogen-bond donors (Lipinski definition) is 1. The van der Waals surface area contributed by atoms with Gasteiger partial charge >= 0.3 is 111 Å². The van der Waals surface area contributed by atoms with E-state index in [0.29, 0.717) is 5.92 Å². The van der Waals surface area contributed by atoms with Crippen molar-refractivity contribution in [1.29, 1.82) is 0 Å². The molecule has 0 aromatic carbocycles. The van der Waals surface area contributed by atoms with Crippen LogP contribution in [0.4, 0.5) is 0 Å². The van der Waals surface area contributed by atoms with E-state index >= 15 is 0 Å². The molecule has 5 heteroatoms. The van der Waals surface area contributed by atoms with E-state index in [4.69, 9.17) is 0 Å². The quantitative estimate of drug-likeness (QED) is 0.492. The SMILES string of the molecule is CC1=C(C)C(C)[C]([Zr+2](=[SiH2])[NH]C(C)(C)C)=C1C.[Cl-].[Cl-]. The van der Waals surface area contributed by atoms with Gasteiger partial charge in [-0.15, -0.1) is 0 Å². The van der Waals surface area contributed by atoms with Crippen molar-refractivity contribution in [3.63, 3.8) is 0 Å². The summed E-state index contributed by atoms with van der Waals surface area (Å²) in [6.07, 6.45) is 0. The summed E-state index contributed by atoms with van der Waals surface area (Å²) in [5.41, 5.74) is 5.00. The molecule has 1 nitrogen and oxygen atoms in total. The van der Waals surface area contributed by atoms with Gasteiger partial charge in [0, 0.05) is 0 Å². The van der Waals surface area contributed by atoms with Gasteiger partial charge in [0.25, 0.3) is 0 Å². The summed E-state index contributed by atoms with van der Waals surface area (Å²) in [5.74, 6) is 0.696. The molecule has 0 heterocycles. The normalized spacial score (nSPS) is 19.1. The van der Waals surface area contributed by atoms with Crippen molar-refractivity contribution in [1.82, 2.24) is 3.26 Å². The minimum absolute atomic E-state index is 0. The van der Waals surface area contributed by atoms with Crippen LogP contribution in [0.1, 0.15) is 48.5 Å². The Morgan fingerprint density at radius 3 is 1.78 bits per heavy atom. The van der Waals surface area contributed by atoms with Gasteiger partial charge in [-0.3, -0.25) is 0 Å². The molecule has 0 spiro atoms. The third kappa shape index (κ3) is 4.90. The smallest absolute Gasteiger partial charge is 1.00 e. The van der Waals surface area contributed by atoms with E-state index in [9.17, 15) is 0 Å². The van der Waals surface area contributed by atoms with Crippen LogP contribution in [0.3, 0.4) is 0 Å². The molecule has 1 N–H and O–H groups in total. The molecule has 0 fully saturated rings. The first-order chi connectivity index (χ1) is 7.15. The van der Waals surface area contributed by atoms with E-state index in [1.807, 2.05) is 0 Å². The van der Waals surface area contributed by atoms with Gasteiger partial charge in [0.05, 0.1) is 0 Å². The molecule has 0 saturated carbocycles. The van der Waals surface area contributed by atoms with Gasteiger partial charge < -0.3 is 24.8 Å². The van der Waals surface area contributed by atoms with Crippen LogP contribution in [-0.4, -0.2) is 12.4 Å². The molecule has 18 heavy (non-hydrogen) atoms. The predicted octanol–water partition coefficient (Wildman–Crippen LogP) is -3.28. The van der Waals surface area contributed by atoms with Gasteiger partial charge in [-0.2, -0.15) is 0 Å². The van der Waals surface area contributed by atoms with Crippen molar-refractivity contribution in [2.24, 2.45) is 5.92 Å². The van der Waals surface area contributed by atoms with E-state index in [1.165, 1.54) is 0 Å². The summed E-state index contributed by atoms with van der Waals surface area (Å²) in [4.78, 5) is 0. The van der Waals surface area contributed by atoms with Crippen molar-refractivity contribution in [3.05, 3.63) is 20.0 Å². The largest absolute Gasteiger partial charge is 1.00 e. The second kappa shape index (κ2) is 7.78. The zero-order valence-electron chi connectivity index (χ0n) is 12.5. The summed E-state index contributed by atoms with van der Waals surface area (Å²) in [6, 6.07) is 0. The van der Waals surface area contributed by atoms with Gasteiger partial charge in [-0.05, 0) is 0 Å². The zero-order chi connectivity index (χ0) is 12.7. The molecule has 1 aliphatic rings. The van der Waals surface area contributed by atoms with Gasteiger partial charge in [-0.25, -0.2) is 0 Å². The molecule has 0 aromatic rings. The first-order valence-corrected chi connectivity index (χ1v) is 14.4. The molecule has 1 rings (SSSR count). The second-order valence-corrected chi connectivity index (χ2v) is 14.4. The maximum Gasteiger partial charge on any atom is -1.00 e. The molecular weight excluding hydrogens is 360 g/mol. The van der Waals surface area contributed by atoms with Gasteiger partial charge in [0.1, 0.15) is 0 Å². The maximum absolute atomic E-state index is 3.89. The molecule has 0 radical (unpaired) electrons. The van der Waals surface area contributed by atoms with Gasteiger partial charge in [-0.1, -0.05) is 0 Å². The third-order valence-corrected chi connectivity index (χ3v) is 13.0. The van der Waals surface area contributed by atoms with Crippen LogP contribution in [0.15, 0.2) is 20.0 Å².